The molecule has 1 aliphatic heterocycles. The van der Waals surface area contributed by atoms with E-state index in [0.29, 0.717) is 10.0 Å². The average molecular weight is 441 g/mol. The zero-order valence-corrected chi connectivity index (χ0v) is 17.1. The summed E-state index contributed by atoms with van der Waals surface area (Å²) in [5.74, 6) is -2.39. The first-order chi connectivity index (χ1) is 13.9. The number of rotatable bonds is 4. The van der Waals surface area contributed by atoms with E-state index < -0.39 is 23.1 Å². The standard InChI is InChI=1S/C21H20Cl2F2N2O2/c22-18-9-13-1-2-21(17(13)11-19(18)23,27-5-3-26-4-6-27)12-29-20(28)14-7-15(24)10-16(25)8-14/h7-11,26H,1-6,12H2/t21-/m0/s1. The average Bonchev–Trinajstić information content (AvgIpc) is 3.05. The topological polar surface area (TPSA) is 41.6 Å². The fourth-order valence-corrected chi connectivity index (χ4v) is 4.66. The van der Waals surface area contributed by atoms with Crippen LogP contribution in [0, 0.1) is 11.6 Å². The molecule has 1 fully saturated rings. The van der Waals surface area contributed by atoms with Crippen molar-refractivity contribution < 1.29 is 18.3 Å². The molecule has 2 aliphatic rings. The number of aryl methyl sites for hydroxylation is 1. The van der Waals surface area contributed by atoms with Gasteiger partial charge in [0.1, 0.15) is 18.2 Å². The minimum absolute atomic E-state index is 0.0644. The van der Waals surface area contributed by atoms with E-state index in [0.717, 1.165) is 68.3 Å². The lowest BCUT2D eigenvalue weighted by Crippen LogP contribution is -2.55. The number of halogens is 4. The van der Waals surface area contributed by atoms with Gasteiger partial charge in [0.2, 0.25) is 0 Å². The van der Waals surface area contributed by atoms with Crippen molar-refractivity contribution in [2.75, 3.05) is 32.8 Å². The van der Waals surface area contributed by atoms with E-state index in [1.807, 2.05) is 12.1 Å². The molecule has 0 saturated carbocycles. The van der Waals surface area contributed by atoms with Gasteiger partial charge in [-0.1, -0.05) is 23.2 Å². The van der Waals surface area contributed by atoms with Crippen LogP contribution < -0.4 is 5.32 Å². The molecule has 154 valence electrons. The molecule has 2 aromatic carbocycles. The molecule has 1 atom stereocenters. The van der Waals surface area contributed by atoms with Crippen LogP contribution in [0.25, 0.3) is 0 Å². The van der Waals surface area contributed by atoms with E-state index >= 15 is 0 Å². The van der Waals surface area contributed by atoms with Crippen LogP contribution >= 0.6 is 23.2 Å². The van der Waals surface area contributed by atoms with Crippen molar-refractivity contribution in [1.29, 1.82) is 0 Å². The highest BCUT2D eigenvalue weighted by Crippen LogP contribution is 2.45. The zero-order chi connectivity index (χ0) is 20.6. The van der Waals surface area contributed by atoms with Crippen LogP contribution in [0.15, 0.2) is 30.3 Å². The predicted molar refractivity (Wildman–Crippen MR) is 108 cm³/mol. The largest absolute Gasteiger partial charge is 0.460 e. The van der Waals surface area contributed by atoms with Crippen molar-refractivity contribution in [2.24, 2.45) is 0 Å². The number of fused-ring (bicyclic) bond motifs is 1. The summed E-state index contributed by atoms with van der Waals surface area (Å²) in [7, 11) is 0. The third-order valence-electron chi connectivity index (χ3n) is 5.72. The lowest BCUT2D eigenvalue weighted by molar-refractivity contribution is -0.00811. The number of nitrogens with zero attached hydrogens (tertiary/aromatic N) is 1. The molecule has 4 rings (SSSR count). The maximum absolute atomic E-state index is 13.5. The van der Waals surface area contributed by atoms with E-state index in [2.05, 4.69) is 10.2 Å². The lowest BCUT2D eigenvalue weighted by atomic mass is 9.89. The third kappa shape index (κ3) is 3.99. The molecular formula is C21H20Cl2F2N2O2. The fourth-order valence-electron chi connectivity index (χ4n) is 4.31. The van der Waals surface area contributed by atoms with Crippen LogP contribution in [-0.4, -0.2) is 43.7 Å². The number of nitrogens with one attached hydrogen (secondary N) is 1. The van der Waals surface area contributed by atoms with Crippen molar-refractivity contribution >= 4 is 29.2 Å². The number of carbonyl (C=O) groups excluding carboxylic acids is 1. The second-order valence-corrected chi connectivity index (χ2v) is 8.24. The van der Waals surface area contributed by atoms with Crippen LogP contribution in [0.5, 0.6) is 0 Å². The molecule has 2 aromatic rings. The Morgan fingerprint density at radius 3 is 2.41 bits per heavy atom. The Hall–Kier alpha value is -1.73. The molecule has 0 unspecified atom stereocenters. The molecule has 29 heavy (non-hydrogen) atoms. The molecular weight excluding hydrogens is 421 g/mol. The number of esters is 1. The van der Waals surface area contributed by atoms with Crippen LogP contribution in [-0.2, 0) is 16.7 Å². The minimum atomic E-state index is -0.818. The Morgan fingerprint density at radius 1 is 1.07 bits per heavy atom. The maximum Gasteiger partial charge on any atom is 0.338 e. The third-order valence-corrected chi connectivity index (χ3v) is 6.44. The molecule has 1 aliphatic carbocycles. The van der Waals surface area contributed by atoms with Crippen molar-refractivity contribution in [1.82, 2.24) is 10.2 Å². The number of ether oxygens (including phenoxy) is 1. The number of benzene rings is 2. The number of carbonyl (C=O) groups is 1. The Balaban J connectivity index is 1.65. The summed E-state index contributed by atoms with van der Waals surface area (Å²) in [4.78, 5) is 14.8. The van der Waals surface area contributed by atoms with E-state index in [9.17, 15) is 13.6 Å². The molecule has 0 aromatic heterocycles. The molecule has 1 N–H and O–H groups in total. The van der Waals surface area contributed by atoms with Crippen molar-refractivity contribution in [3.05, 3.63) is 68.7 Å². The molecule has 8 heteroatoms. The molecule has 4 nitrogen and oxygen atoms in total. The summed E-state index contributed by atoms with van der Waals surface area (Å²) < 4.78 is 32.6. The number of hydrogen-bond acceptors (Lipinski definition) is 4. The summed E-state index contributed by atoms with van der Waals surface area (Å²) in [6.45, 7) is 3.27. The Kier molecular flexibility index (Phi) is 5.80. The second-order valence-electron chi connectivity index (χ2n) is 7.43. The highest BCUT2D eigenvalue weighted by Gasteiger charge is 2.45. The van der Waals surface area contributed by atoms with Crippen molar-refractivity contribution in [3.63, 3.8) is 0 Å². The van der Waals surface area contributed by atoms with Gasteiger partial charge in [-0.15, -0.1) is 0 Å². The smallest absolute Gasteiger partial charge is 0.338 e. The van der Waals surface area contributed by atoms with Gasteiger partial charge in [-0.25, -0.2) is 13.6 Å². The van der Waals surface area contributed by atoms with Crippen molar-refractivity contribution in [3.8, 4) is 0 Å². The quantitative estimate of drug-likeness (QED) is 0.724. The van der Waals surface area contributed by atoms with E-state index in [4.69, 9.17) is 27.9 Å². The molecule has 0 amide bonds. The van der Waals surface area contributed by atoms with Gasteiger partial charge < -0.3 is 10.1 Å². The maximum atomic E-state index is 13.5. The summed E-state index contributed by atoms with van der Waals surface area (Å²) in [5.41, 5.74) is 1.37. The van der Waals surface area contributed by atoms with Gasteiger partial charge in [0.05, 0.1) is 21.1 Å². The monoisotopic (exact) mass is 440 g/mol. The van der Waals surface area contributed by atoms with E-state index in [-0.39, 0.29) is 12.2 Å². The summed E-state index contributed by atoms with van der Waals surface area (Å²) in [6, 6.07) is 6.39. The lowest BCUT2D eigenvalue weighted by Gasteiger charge is -2.44. The van der Waals surface area contributed by atoms with Gasteiger partial charge in [0.25, 0.3) is 0 Å². The molecule has 1 heterocycles. The first-order valence-corrected chi connectivity index (χ1v) is 10.2. The summed E-state index contributed by atoms with van der Waals surface area (Å²) in [5, 5.41) is 4.27. The molecule has 0 spiro atoms. The van der Waals surface area contributed by atoms with E-state index in [1.165, 1.54) is 0 Å². The van der Waals surface area contributed by atoms with Gasteiger partial charge in [-0.3, -0.25) is 4.90 Å². The fraction of sp³-hybridized carbons (Fsp3) is 0.381. The molecule has 1 saturated heterocycles. The normalized spacial score (nSPS) is 21.8. The Labute approximate surface area is 177 Å². The van der Waals surface area contributed by atoms with Crippen LogP contribution in [0.3, 0.4) is 0 Å². The van der Waals surface area contributed by atoms with Gasteiger partial charge >= 0.3 is 5.97 Å². The Morgan fingerprint density at radius 2 is 1.72 bits per heavy atom. The van der Waals surface area contributed by atoms with Crippen molar-refractivity contribution in [2.45, 2.75) is 18.4 Å². The zero-order valence-electron chi connectivity index (χ0n) is 15.6. The Bertz CT molecular complexity index is 930. The number of piperazine rings is 1. The highest BCUT2D eigenvalue weighted by molar-refractivity contribution is 6.42. The number of hydrogen-bond donors (Lipinski definition) is 1. The molecule has 0 radical (unpaired) electrons. The van der Waals surface area contributed by atoms with Gasteiger partial charge in [-0.2, -0.15) is 0 Å². The second kappa shape index (κ2) is 8.19. The summed E-state index contributed by atoms with van der Waals surface area (Å²) >= 11 is 12.5. The minimum Gasteiger partial charge on any atom is -0.460 e. The first kappa shape index (κ1) is 20.5. The van der Waals surface area contributed by atoms with Crippen LogP contribution in [0.2, 0.25) is 10.0 Å². The summed E-state index contributed by atoms with van der Waals surface area (Å²) in [6.07, 6.45) is 1.52. The van der Waals surface area contributed by atoms with Crippen LogP contribution in [0.4, 0.5) is 8.78 Å². The molecule has 0 bridgehead atoms. The van der Waals surface area contributed by atoms with Gasteiger partial charge in [0.15, 0.2) is 0 Å². The van der Waals surface area contributed by atoms with E-state index in [1.54, 1.807) is 0 Å². The SMILES string of the molecule is O=C(OC[C@@]1(N2CCNCC2)CCc2cc(Cl)c(Cl)cc21)c1cc(F)cc(F)c1. The van der Waals surface area contributed by atoms with Gasteiger partial charge in [-0.05, 0) is 48.2 Å². The van der Waals surface area contributed by atoms with Gasteiger partial charge in [0, 0.05) is 32.2 Å². The van der Waals surface area contributed by atoms with Crippen LogP contribution in [0.1, 0.15) is 27.9 Å². The highest BCUT2D eigenvalue weighted by atomic mass is 35.5. The predicted octanol–water partition coefficient (Wildman–Crippen LogP) is 4.18. The first-order valence-electron chi connectivity index (χ1n) is 9.46.